The largest absolute Gasteiger partial charge is 0.326 e. The summed E-state index contributed by atoms with van der Waals surface area (Å²) in [6, 6.07) is 7.49. The van der Waals surface area contributed by atoms with E-state index in [0.717, 1.165) is 30.8 Å². The Bertz CT molecular complexity index is 485. The Morgan fingerprint density at radius 1 is 1.47 bits per heavy atom. The zero-order valence-corrected chi connectivity index (χ0v) is 11.5. The van der Waals surface area contributed by atoms with Crippen LogP contribution in [0.15, 0.2) is 24.3 Å². The molecule has 1 unspecified atom stereocenters. The fraction of sp³-hybridized carbons (Fsp3) is 0.467. The van der Waals surface area contributed by atoms with Gasteiger partial charge in [-0.15, -0.1) is 0 Å². The molecule has 2 rings (SSSR count). The van der Waals surface area contributed by atoms with Gasteiger partial charge < -0.3 is 10.2 Å². The second-order valence-corrected chi connectivity index (χ2v) is 5.00. The summed E-state index contributed by atoms with van der Waals surface area (Å²) in [7, 11) is 0. The Balaban J connectivity index is 2.11. The first-order valence-corrected chi connectivity index (χ1v) is 6.83. The van der Waals surface area contributed by atoms with Crippen LogP contribution in [0.5, 0.6) is 0 Å². The van der Waals surface area contributed by atoms with Gasteiger partial charge in [-0.3, -0.25) is 9.59 Å². The maximum atomic E-state index is 11.8. The number of carbonyl (C=O) groups excluding carboxylic acids is 2. The monoisotopic (exact) mass is 260 g/mol. The molecule has 0 aliphatic carbocycles. The lowest BCUT2D eigenvalue weighted by molar-refractivity contribution is -0.119. The summed E-state index contributed by atoms with van der Waals surface area (Å²) in [5.74, 6) is 0.176. The van der Waals surface area contributed by atoms with Crippen molar-refractivity contribution in [2.24, 2.45) is 5.92 Å². The van der Waals surface area contributed by atoms with E-state index in [4.69, 9.17) is 0 Å². The second-order valence-electron chi connectivity index (χ2n) is 5.00. The number of amides is 2. The topological polar surface area (TPSA) is 49.4 Å². The fourth-order valence-corrected chi connectivity index (χ4v) is 2.12. The van der Waals surface area contributed by atoms with Crippen molar-refractivity contribution in [2.75, 3.05) is 16.8 Å². The van der Waals surface area contributed by atoms with Crippen molar-refractivity contribution in [2.45, 2.75) is 33.1 Å². The first-order valence-electron chi connectivity index (χ1n) is 6.83. The number of rotatable bonds is 4. The summed E-state index contributed by atoms with van der Waals surface area (Å²) >= 11 is 0. The minimum absolute atomic E-state index is 0.00271. The van der Waals surface area contributed by atoms with E-state index in [1.807, 2.05) is 38.1 Å². The first kappa shape index (κ1) is 13.6. The van der Waals surface area contributed by atoms with Crippen LogP contribution in [0.4, 0.5) is 11.4 Å². The van der Waals surface area contributed by atoms with Gasteiger partial charge in [0.1, 0.15) is 0 Å². The molecule has 0 bridgehead atoms. The average molecular weight is 260 g/mol. The van der Waals surface area contributed by atoms with Crippen molar-refractivity contribution in [3.8, 4) is 0 Å². The smallest absolute Gasteiger partial charge is 0.227 e. The number of nitrogens with one attached hydrogen (secondary N) is 1. The number of hydrogen-bond acceptors (Lipinski definition) is 2. The standard InChI is InChI=1S/C15H20N2O2/c1-3-11(2)15(19)16-12-6-4-7-13(10-12)17-9-5-8-14(17)18/h4,6-7,10-11H,3,5,8-9H2,1-2H3,(H,16,19). The van der Waals surface area contributed by atoms with Gasteiger partial charge in [-0.1, -0.05) is 19.9 Å². The molecule has 0 aromatic heterocycles. The predicted molar refractivity (Wildman–Crippen MR) is 76.1 cm³/mol. The zero-order chi connectivity index (χ0) is 13.8. The number of hydrogen-bond donors (Lipinski definition) is 1. The minimum atomic E-state index is -0.00271. The maximum absolute atomic E-state index is 11.8. The second kappa shape index (κ2) is 5.87. The van der Waals surface area contributed by atoms with E-state index in [9.17, 15) is 9.59 Å². The lowest BCUT2D eigenvalue weighted by Gasteiger charge is -2.17. The summed E-state index contributed by atoms with van der Waals surface area (Å²) in [6.07, 6.45) is 2.34. The third-order valence-electron chi connectivity index (χ3n) is 3.56. The zero-order valence-electron chi connectivity index (χ0n) is 11.5. The van der Waals surface area contributed by atoms with Crippen LogP contribution in [0.1, 0.15) is 33.1 Å². The number of nitrogens with zero attached hydrogens (tertiary/aromatic N) is 1. The summed E-state index contributed by atoms with van der Waals surface area (Å²) in [4.78, 5) is 25.3. The molecule has 4 nitrogen and oxygen atoms in total. The molecule has 1 aromatic carbocycles. The highest BCUT2D eigenvalue weighted by Crippen LogP contribution is 2.24. The maximum Gasteiger partial charge on any atom is 0.227 e. The van der Waals surface area contributed by atoms with Gasteiger partial charge in [-0.25, -0.2) is 0 Å². The highest BCUT2D eigenvalue weighted by molar-refractivity contribution is 5.97. The molecule has 102 valence electrons. The van der Waals surface area contributed by atoms with Gasteiger partial charge in [0.25, 0.3) is 0 Å². The molecule has 4 heteroatoms. The van der Waals surface area contributed by atoms with Crippen molar-refractivity contribution in [3.63, 3.8) is 0 Å². The molecule has 1 saturated heterocycles. The van der Waals surface area contributed by atoms with Crippen molar-refractivity contribution < 1.29 is 9.59 Å². The van der Waals surface area contributed by atoms with Crippen LogP contribution in [-0.4, -0.2) is 18.4 Å². The average Bonchev–Trinajstić information content (AvgIpc) is 2.84. The molecular formula is C15H20N2O2. The van der Waals surface area contributed by atoms with Gasteiger partial charge in [0.2, 0.25) is 11.8 Å². The molecule has 0 radical (unpaired) electrons. The fourth-order valence-electron chi connectivity index (χ4n) is 2.12. The van der Waals surface area contributed by atoms with Crippen LogP contribution >= 0.6 is 0 Å². The Labute approximate surface area is 113 Å². The number of anilines is 2. The van der Waals surface area contributed by atoms with Crippen LogP contribution in [0.2, 0.25) is 0 Å². The van der Waals surface area contributed by atoms with Crippen LogP contribution in [0.3, 0.4) is 0 Å². The van der Waals surface area contributed by atoms with Crippen LogP contribution in [-0.2, 0) is 9.59 Å². The number of carbonyl (C=O) groups is 2. The van der Waals surface area contributed by atoms with Gasteiger partial charge in [0.15, 0.2) is 0 Å². The molecule has 0 saturated carbocycles. The third-order valence-corrected chi connectivity index (χ3v) is 3.56. The summed E-state index contributed by atoms with van der Waals surface area (Å²) in [5, 5.41) is 2.89. The van der Waals surface area contributed by atoms with Gasteiger partial charge in [0.05, 0.1) is 0 Å². The van der Waals surface area contributed by atoms with Crippen molar-refractivity contribution >= 4 is 23.2 Å². The van der Waals surface area contributed by atoms with E-state index in [0.29, 0.717) is 6.42 Å². The van der Waals surface area contributed by atoms with Gasteiger partial charge in [0, 0.05) is 30.3 Å². The van der Waals surface area contributed by atoms with Crippen LogP contribution < -0.4 is 10.2 Å². The van der Waals surface area contributed by atoms with Crippen LogP contribution in [0, 0.1) is 5.92 Å². The van der Waals surface area contributed by atoms with E-state index in [-0.39, 0.29) is 17.7 Å². The van der Waals surface area contributed by atoms with Crippen molar-refractivity contribution in [1.82, 2.24) is 0 Å². The summed E-state index contributed by atoms with van der Waals surface area (Å²) in [6.45, 7) is 4.66. The number of benzene rings is 1. The van der Waals surface area contributed by atoms with E-state index in [1.165, 1.54) is 0 Å². The normalized spacial score (nSPS) is 16.5. The lowest BCUT2D eigenvalue weighted by Crippen LogP contribution is -2.24. The molecule has 0 spiro atoms. The molecule has 1 fully saturated rings. The minimum Gasteiger partial charge on any atom is -0.326 e. The summed E-state index contributed by atoms with van der Waals surface area (Å²) in [5.41, 5.74) is 1.62. The quantitative estimate of drug-likeness (QED) is 0.905. The Morgan fingerprint density at radius 3 is 2.89 bits per heavy atom. The van der Waals surface area contributed by atoms with Crippen molar-refractivity contribution in [1.29, 1.82) is 0 Å². The highest BCUT2D eigenvalue weighted by atomic mass is 16.2. The molecule has 19 heavy (non-hydrogen) atoms. The van der Waals surface area contributed by atoms with Crippen LogP contribution in [0.25, 0.3) is 0 Å². The Hall–Kier alpha value is -1.84. The Morgan fingerprint density at radius 2 is 2.26 bits per heavy atom. The van der Waals surface area contributed by atoms with E-state index in [2.05, 4.69) is 5.32 Å². The van der Waals surface area contributed by atoms with E-state index >= 15 is 0 Å². The Kier molecular flexibility index (Phi) is 4.20. The van der Waals surface area contributed by atoms with Gasteiger partial charge in [-0.05, 0) is 31.0 Å². The van der Waals surface area contributed by atoms with Gasteiger partial charge >= 0.3 is 0 Å². The summed E-state index contributed by atoms with van der Waals surface area (Å²) < 4.78 is 0. The molecule has 1 aromatic rings. The SMILES string of the molecule is CCC(C)C(=O)Nc1cccc(N2CCCC2=O)c1. The predicted octanol–water partition coefficient (Wildman–Crippen LogP) is 2.80. The highest BCUT2D eigenvalue weighted by Gasteiger charge is 2.21. The molecule has 1 aliphatic heterocycles. The molecule has 1 atom stereocenters. The van der Waals surface area contributed by atoms with E-state index in [1.54, 1.807) is 4.90 Å². The molecule has 1 N–H and O–H groups in total. The van der Waals surface area contributed by atoms with Gasteiger partial charge in [-0.2, -0.15) is 0 Å². The first-order chi connectivity index (χ1) is 9.11. The lowest BCUT2D eigenvalue weighted by atomic mass is 10.1. The third kappa shape index (κ3) is 3.13. The van der Waals surface area contributed by atoms with Crippen molar-refractivity contribution in [3.05, 3.63) is 24.3 Å². The molecular weight excluding hydrogens is 240 g/mol. The van der Waals surface area contributed by atoms with E-state index < -0.39 is 0 Å². The molecule has 1 aliphatic rings. The molecule has 1 heterocycles. The molecule has 2 amide bonds.